The molecule has 0 spiro atoms. The van der Waals surface area contributed by atoms with Crippen LogP contribution in [0.5, 0.6) is 0 Å². The number of nitrogens with zero attached hydrogens (tertiary/aromatic N) is 3. The van der Waals surface area contributed by atoms with Gasteiger partial charge in [-0.05, 0) is 32.0 Å². The van der Waals surface area contributed by atoms with Crippen LogP contribution in [-0.2, 0) is 14.8 Å². The van der Waals surface area contributed by atoms with Crippen LogP contribution in [0.4, 0.5) is 11.4 Å². The summed E-state index contributed by atoms with van der Waals surface area (Å²) in [6.45, 7) is 6.19. The van der Waals surface area contributed by atoms with Gasteiger partial charge in [-0.1, -0.05) is 0 Å². The Morgan fingerprint density at radius 2 is 2.00 bits per heavy atom. The fraction of sp³-hybridized carbons (Fsp3) is 0.412. The van der Waals surface area contributed by atoms with E-state index in [0.717, 1.165) is 0 Å². The highest BCUT2D eigenvalue weighted by molar-refractivity contribution is 7.92. The smallest absolute Gasteiger partial charge is 0.337 e. The first kappa shape index (κ1) is 19.2. The molecule has 3 rings (SSSR count). The lowest BCUT2D eigenvalue weighted by atomic mass is 10.1. The molecule has 0 unspecified atom stereocenters. The predicted molar refractivity (Wildman–Crippen MR) is 99.9 cm³/mol. The van der Waals surface area contributed by atoms with Crippen molar-refractivity contribution < 1.29 is 23.1 Å². The molecule has 10 heteroatoms. The molecule has 2 heterocycles. The lowest BCUT2D eigenvalue weighted by Crippen LogP contribution is -2.36. The van der Waals surface area contributed by atoms with E-state index in [1.807, 2.05) is 18.7 Å². The van der Waals surface area contributed by atoms with Crippen LogP contribution in [0.2, 0.25) is 0 Å². The summed E-state index contributed by atoms with van der Waals surface area (Å²) < 4.78 is 34.4. The molecule has 1 aliphatic heterocycles. The van der Waals surface area contributed by atoms with E-state index in [0.29, 0.717) is 32.0 Å². The SMILES string of the molecule is CC(C)n1cc(S(=O)(=O)Nc2ccc(N3CCOCC3)cc2C(=O)O)cn1. The number of morpholine rings is 1. The number of carboxylic acids is 1. The minimum Gasteiger partial charge on any atom is -0.478 e. The maximum absolute atomic E-state index is 12.6. The Balaban J connectivity index is 1.89. The van der Waals surface area contributed by atoms with Crippen molar-refractivity contribution in [3.63, 3.8) is 0 Å². The number of sulfonamides is 1. The number of hydrogen-bond acceptors (Lipinski definition) is 6. The molecule has 0 radical (unpaired) electrons. The average molecular weight is 394 g/mol. The predicted octanol–water partition coefficient (Wildman–Crippen LogP) is 1.80. The second-order valence-electron chi connectivity index (χ2n) is 6.49. The Labute approximate surface area is 157 Å². The van der Waals surface area contributed by atoms with Crippen molar-refractivity contribution in [3.8, 4) is 0 Å². The van der Waals surface area contributed by atoms with Crippen LogP contribution in [0.3, 0.4) is 0 Å². The van der Waals surface area contributed by atoms with E-state index in [2.05, 4.69) is 9.82 Å². The number of carbonyl (C=O) groups is 1. The monoisotopic (exact) mass is 394 g/mol. The number of carboxylic acid groups (broad SMARTS) is 1. The van der Waals surface area contributed by atoms with Crippen LogP contribution in [0.1, 0.15) is 30.2 Å². The first-order valence-electron chi connectivity index (χ1n) is 8.55. The Morgan fingerprint density at radius 3 is 2.59 bits per heavy atom. The quantitative estimate of drug-likeness (QED) is 0.768. The Kier molecular flexibility index (Phi) is 5.38. The molecular weight excluding hydrogens is 372 g/mol. The second kappa shape index (κ2) is 7.57. The van der Waals surface area contributed by atoms with E-state index in [4.69, 9.17) is 4.74 Å². The lowest BCUT2D eigenvalue weighted by molar-refractivity contribution is 0.0698. The molecular formula is C17H22N4O5S. The molecule has 0 aliphatic carbocycles. The topological polar surface area (TPSA) is 114 Å². The molecule has 1 fully saturated rings. The third-order valence-corrected chi connectivity index (χ3v) is 5.59. The maximum Gasteiger partial charge on any atom is 0.337 e. The summed E-state index contributed by atoms with van der Waals surface area (Å²) in [6, 6.07) is 4.66. The second-order valence-corrected chi connectivity index (χ2v) is 8.17. The standard InChI is InChI=1S/C17H22N4O5S/c1-12(2)21-11-14(10-18-21)27(24,25)19-16-4-3-13(9-15(16)17(22)23)20-5-7-26-8-6-20/h3-4,9-12,19H,5-8H2,1-2H3,(H,22,23). The van der Waals surface area contributed by atoms with E-state index in [-0.39, 0.29) is 22.2 Å². The zero-order chi connectivity index (χ0) is 19.6. The highest BCUT2D eigenvalue weighted by Gasteiger charge is 2.22. The highest BCUT2D eigenvalue weighted by atomic mass is 32.2. The molecule has 1 saturated heterocycles. The number of hydrogen-bond donors (Lipinski definition) is 2. The number of nitrogens with one attached hydrogen (secondary N) is 1. The van der Waals surface area contributed by atoms with Crippen LogP contribution in [0, 0.1) is 0 Å². The summed E-state index contributed by atoms with van der Waals surface area (Å²) in [7, 11) is -3.95. The van der Waals surface area contributed by atoms with Crippen LogP contribution >= 0.6 is 0 Å². The number of benzene rings is 1. The van der Waals surface area contributed by atoms with Crippen molar-refractivity contribution in [2.75, 3.05) is 35.9 Å². The number of rotatable bonds is 6. The molecule has 1 aliphatic rings. The maximum atomic E-state index is 12.6. The molecule has 0 bridgehead atoms. The van der Waals surface area contributed by atoms with Crippen molar-refractivity contribution in [2.24, 2.45) is 0 Å². The Hall–Kier alpha value is -2.59. The average Bonchev–Trinajstić information content (AvgIpc) is 3.14. The first-order valence-corrected chi connectivity index (χ1v) is 10.0. The molecule has 2 N–H and O–H groups in total. The number of anilines is 2. The highest BCUT2D eigenvalue weighted by Crippen LogP contribution is 2.26. The summed E-state index contributed by atoms with van der Waals surface area (Å²) in [5, 5.41) is 13.6. The molecule has 1 aromatic heterocycles. The summed E-state index contributed by atoms with van der Waals surface area (Å²) >= 11 is 0. The van der Waals surface area contributed by atoms with Gasteiger partial charge in [-0.25, -0.2) is 13.2 Å². The van der Waals surface area contributed by atoms with Crippen molar-refractivity contribution in [1.82, 2.24) is 9.78 Å². The van der Waals surface area contributed by atoms with Crippen molar-refractivity contribution in [3.05, 3.63) is 36.2 Å². The lowest BCUT2D eigenvalue weighted by Gasteiger charge is -2.29. The van der Waals surface area contributed by atoms with Gasteiger partial charge in [0.05, 0.1) is 30.7 Å². The van der Waals surface area contributed by atoms with Crippen molar-refractivity contribution in [1.29, 1.82) is 0 Å². The van der Waals surface area contributed by atoms with Gasteiger partial charge >= 0.3 is 5.97 Å². The Bertz CT molecular complexity index is 933. The summed E-state index contributed by atoms with van der Waals surface area (Å²) in [5.74, 6) is -1.21. The molecule has 0 atom stereocenters. The third kappa shape index (κ3) is 4.22. The normalized spacial score (nSPS) is 15.1. The van der Waals surface area contributed by atoms with Crippen LogP contribution in [0.25, 0.3) is 0 Å². The van der Waals surface area contributed by atoms with Crippen LogP contribution in [-0.4, -0.2) is 55.6 Å². The fourth-order valence-electron chi connectivity index (χ4n) is 2.76. The van der Waals surface area contributed by atoms with E-state index >= 15 is 0 Å². The van der Waals surface area contributed by atoms with Crippen LogP contribution in [0.15, 0.2) is 35.5 Å². The zero-order valence-corrected chi connectivity index (χ0v) is 15.9. The number of aromatic carboxylic acids is 1. The zero-order valence-electron chi connectivity index (χ0n) is 15.1. The molecule has 9 nitrogen and oxygen atoms in total. The van der Waals surface area contributed by atoms with Gasteiger partial charge in [0.1, 0.15) is 4.90 Å². The minimum atomic E-state index is -3.95. The van der Waals surface area contributed by atoms with Gasteiger partial charge in [-0.15, -0.1) is 0 Å². The first-order chi connectivity index (χ1) is 12.8. The molecule has 0 saturated carbocycles. The number of ether oxygens (including phenoxy) is 1. The van der Waals surface area contributed by atoms with Gasteiger partial charge in [0.2, 0.25) is 0 Å². The fourth-order valence-corrected chi connectivity index (χ4v) is 3.78. The van der Waals surface area contributed by atoms with Crippen molar-refractivity contribution >= 4 is 27.4 Å². The van der Waals surface area contributed by atoms with Gasteiger partial charge < -0.3 is 14.7 Å². The summed E-state index contributed by atoms with van der Waals surface area (Å²) in [5.41, 5.74) is 0.613. The van der Waals surface area contributed by atoms with Gasteiger partial charge in [0, 0.05) is 31.0 Å². The molecule has 0 amide bonds. The Morgan fingerprint density at radius 1 is 1.30 bits per heavy atom. The van der Waals surface area contributed by atoms with Gasteiger partial charge in [-0.3, -0.25) is 9.40 Å². The summed E-state index contributed by atoms with van der Waals surface area (Å²) in [4.78, 5) is 13.7. The van der Waals surface area contributed by atoms with Crippen LogP contribution < -0.4 is 9.62 Å². The van der Waals surface area contributed by atoms with E-state index in [1.165, 1.54) is 29.2 Å². The van der Waals surface area contributed by atoms with E-state index < -0.39 is 16.0 Å². The van der Waals surface area contributed by atoms with E-state index in [1.54, 1.807) is 6.07 Å². The van der Waals surface area contributed by atoms with Gasteiger partial charge in [-0.2, -0.15) is 5.10 Å². The molecule has 146 valence electrons. The summed E-state index contributed by atoms with van der Waals surface area (Å²) in [6.07, 6.45) is 2.65. The minimum absolute atomic E-state index is 0.0105. The van der Waals surface area contributed by atoms with Gasteiger partial charge in [0.15, 0.2) is 0 Å². The molecule has 27 heavy (non-hydrogen) atoms. The third-order valence-electron chi connectivity index (χ3n) is 4.27. The van der Waals surface area contributed by atoms with E-state index in [9.17, 15) is 18.3 Å². The largest absolute Gasteiger partial charge is 0.478 e. The number of aromatic nitrogens is 2. The molecule has 2 aromatic rings. The van der Waals surface area contributed by atoms with Gasteiger partial charge in [0.25, 0.3) is 10.0 Å². The molecule has 1 aromatic carbocycles. The van der Waals surface area contributed by atoms with Crippen molar-refractivity contribution in [2.45, 2.75) is 24.8 Å².